The van der Waals surface area contributed by atoms with Gasteiger partial charge in [0.1, 0.15) is 5.82 Å². The highest BCUT2D eigenvalue weighted by atomic mass is 19.1. The molecule has 1 unspecified atom stereocenters. The lowest BCUT2D eigenvalue weighted by Gasteiger charge is -2.35. The smallest absolute Gasteiger partial charge is 0.333 e. The van der Waals surface area contributed by atoms with Gasteiger partial charge in [0, 0.05) is 32.1 Å². The minimum atomic E-state index is -1.65. The van der Waals surface area contributed by atoms with Crippen LogP contribution in [0.25, 0.3) is 0 Å². The Labute approximate surface area is 163 Å². The summed E-state index contributed by atoms with van der Waals surface area (Å²) in [4.78, 5) is 40.6. The summed E-state index contributed by atoms with van der Waals surface area (Å²) in [5.74, 6) is -2.41. The number of nitrogens with one attached hydrogen (secondary N) is 1. The number of aliphatic carboxylic acids is 1. The Kier molecular flexibility index (Phi) is 5.86. The molecule has 3 amide bonds. The molecule has 2 N–H and O–H groups in total. The molecular weight excluding hydrogens is 365 g/mol. The number of amides is 3. The van der Waals surface area contributed by atoms with Gasteiger partial charge in [-0.05, 0) is 50.3 Å². The van der Waals surface area contributed by atoms with Crippen molar-refractivity contribution in [2.45, 2.75) is 38.1 Å². The zero-order valence-electron chi connectivity index (χ0n) is 16.0. The Morgan fingerprint density at radius 1 is 1.04 bits per heavy atom. The maximum atomic E-state index is 13.2. The van der Waals surface area contributed by atoms with Crippen molar-refractivity contribution in [2.75, 3.05) is 26.2 Å². The molecule has 0 radical (unpaired) electrons. The summed E-state index contributed by atoms with van der Waals surface area (Å²) in [7, 11) is 0. The van der Waals surface area contributed by atoms with Crippen LogP contribution in [0.15, 0.2) is 24.3 Å². The molecule has 3 rings (SSSR count). The molecule has 1 aromatic carbocycles. The first-order valence-corrected chi connectivity index (χ1v) is 9.66. The summed E-state index contributed by atoms with van der Waals surface area (Å²) >= 11 is 0. The minimum Gasteiger partial charge on any atom is -0.479 e. The highest BCUT2D eigenvalue weighted by Gasteiger charge is 2.39. The van der Waals surface area contributed by atoms with Crippen LogP contribution < -0.4 is 5.32 Å². The number of nitrogens with zero attached hydrogens (tertiary/aromatic N) is 2. The van der Waals surface area contributed by atoms with Crippen LogP contribution >= 0.6 is 0 Å². The fraction of sp³-hybridized carbons (Fsp3) is 0.550. The standard InChI is InChI=1S/C20H26FN3O4/c1-20(18(26)27,15-4-6-16(21)7-5-15)22-17(25)14-8-12-24(13-9-14)19(28)23-10-2-3-11-23/h4-7,14H,2-3,8-13H2,1H3,(H,22,25)(H,26,27). The van der Waals surface area contributed by atoms with E-state index < -0.39 is 17.3 Å². The Morgan fingerprint density at radius 2 is 1.57 bits per heavy atom. The topological polar surface area (TPSA) is 90.0 Å². The van der Waals surface area contributed by atoms with Crippen molar-refractivity contribution >= 4 is 17.9 Å². The van der Waals surface area contributed by atoms with Gasteiger partial charge < -0.3 is 20.2 Å². The largest absolute Gasteiger partial charge is 0.479 e. The number of hydrogen-bond donors (Lipinski definition) is 2. The lowest BCUT2D eigenvalue weighted by molar-refractivity contribution is -0.148. The SMILES string of the molecule is CC(NC(=O)C1CCN(C(=O)N2CCCC2)CC1)(C(=O)O)c1ccc(F)cc1. The van der Waals surface area contributed by atoms with Gasteiger partial charge in [0.15, 0.2) is 5.54 Å². The van der Waals surface area contributed by atoms with E-state index in [1.165, 1.54) is 31.2 Å². The number of carbonyl (C=O) groups excluding carboxylic acids is 2. The second-order valence-corrected chi connectivity index (χ2v) is 7.66. The van der Waals surface area contributed by atoms with Crippen LogP contribution in [0.2, 0.25) is 0 Å². The molecule has 2 fully saturated rings. The molecule has 1 aromatic rings. The molecule has 2 aliphatic rings. The molecule has 2 saturated heterocycles. The Morgan fingerprint density at radius 3 is 2.11 bits per heavy atom. The molecule has 0 saturated carbocycles. The third-order valence-electron chi connectivity index (χ3n) is 5.74. The average Bonchev–Trinajstić information content (AvgIpc) is 3.22. The van der Waals surface area contributed by atoms with E-state index in [4.69, 9.17) is 0 Å². The van der Waals surface area contributed by atoms with Crippen LogP contribution in [-0.4, -0.2) is 59.0 Å². The third kappa shape index (κ3) is 4.10. The molecular formula is C20H26FN3O4. The van der Waals surface area contributed by atoms with Crippen molar-refractivity contribution < 1.29 is 23.9 Å². The van der Waals surface area contributed by atoms with E-state index in [0.29, 0.717) is 31.5 Å². The maximum absolute atomic E-state index is 13.2. The van der Waals surface area contributed by atoms with Crippen LogP contribution in [0.3, 0.4) is 0 Å². The highest BCUT2D eigenvalue weighted by molar-refractivity contribution is 5.89. The fourth-order valence-electron chi connectivity index (χ4n) is 3.82. The van der Waals surface area contributed by atoms with Crippen LogP contribution in [0.4, 0.5) is 9.18 Å². The molecule has 0 bridgehead atoms. The summed E-state index contributed by atoms with van der Waals surface area (Å²) < 4.78 is 13.2. The van der Waals surface area contributed by atoms with Gasteiger partial charge in [-0.2, -0.15) is 0 Å². The van der Waals surface area contributed by atoms with Crippen molar-refractivity contribution in [3.63, 3.8) is 0 Å². The van der Waals surface area contributed by atoms with Gasteiger partial charge in [0.25, 0.3) is 0 Å². The predicted molar refractivity (Wildman–Crippen MR) is 100 cm³/mol. The first-order chi connectivity index (χ1) is 13.3. The monoisotopic (exact) mass is 391 g/mol. The average molecular weight is 391 g/mol. The van der Waals surface area contributed by atoms with Crippen molar-refractivity contribution in [3.05, 3.63) is 35.6 Å². The molecule has 2 heterocycles. The van der Waals surface area contributed by atoms with E-state index in [1.807, 2.05) is 4.90 Å². The van der Waals surface area contributed by atoms with Crippen molar-refractivity contribution in [2.24, 2.45) is 5.92 Å². The quantitative estimate of drug-likeness (QED) is 0.823. The van der Waals surface area contributed by atoms with Crippen LogP contribution in [0, 0.1) is 11.7 Å². The van der Waals surface area contributed by atoms with Crippen molar-refractivity contribution in [1.29, 1.82) is 0 Å². The number of carboxylic acid groups (broad SMARTS) is 1. The predicted octanol–water partition coefficient (Wildman–Crippen LogP) is 2.17. The normalized spacial score (nSPS) is 19.9. The van der Waals surface area contributed by atoms with E-state index in [-0.39, 0.29) is 17.9 Å². The van der Waals surface area contributed by atoms with Gasteiger partial charge in [-0.3, -0.25) is 4.79 Å². The summed E-state index contributed by atoms with van der Waals surface area (Å²) in [6.07, 6.45) is 3.04. The van der Waals surface area contributed by atoms with Crippen LogP contribution in [0.1, 0.15) is 38.2 Å². The highest BCUT2D eigenvalue weighted by Crippen LogP contribution is 2.25. The molecule has 8 heteroatoms. The van der Waals surface area contributed by atoms with Gasteiger partial charge in [-0.1, -0.05) is 12.1 Å². The number of halogens is 1. The summed E-state index contributed by atoms with van der Waals surface area (Å²) in [5, 5.41) is 12.3. The zero-order valence-corrected chi connectivity index (χ0v) is 16.0. The van der Waals surface area contributed by atoms with E-state index >= 15 is 0 Å². The van der Waals surface area contributed by atoms with Gasteiger partial charge in [-0.25, -0.2) is 14.0 Å². The van der Waals surface area contributed by atoms with E-state index in [0.717, 1.165) is 25.9 Å². The van der Waals surface area contributed by atoms with Crippen molar-refractivity contribution in [1.82, 2.24) is 15.1 Å². The Hall–Kier alpha value is -2.64. The number of rotatable bonds is 4. The second-order valence-electron chi connectivity index (χ2n) is 7.66. The first kappa shape index (κ1) is 20.1. The summed E-state index contributed by atoms with van der Waals surface area (Å²) in [6.45, 7) is 3.93. The molecule has 0 spiro atoms. The maximum Gasteiger partial charge on any atom is 0.333 e. The second kappa shape index (κ2) is 8.16. The number of hydrogen-bond acceptors (Lipinski definition) is 3. The molecule has 28 heavy (non-hydrogen) atoms. The number of likely N-dealkylation sites (tertiary alicyclic amines) is 2. The van der Waals surface area contributed by atoms with Gasteiger partial charge in [0.05, 0.1) is 0 Å². The number of urea groups is 1. The van der Waals surface area contributed by atoms with E-state index in [1.54, 1.807) is 4.90 Å². The summed E-state index contributed by atoms with van der Waals surface area (Å²) in [6, 6.07) is 5.09. The van der Waals surface area contributed by atoms with Crippen molar-refractivity contribution in [3.8, 4) is 0 Å². The molecule has 0 aromatic heterocycles. The van der Waals surface area contributed by atoms with E-state index in [9.17, 15) is 23.9 Å². The number of piperidine rings is 1. The van der Waals surface area contributed by atoms with E-state index in [2.05, 4.69) is 5.32 Å². The number of carbonyl (C=O) groups is 3. The molecule has 152 valence electrons. The Bertz CT molecular complexity index is 740. The molecule has 1 atom stereocenters. The number of carboxylic acids is 1. The zero-order chi connectivity index (χ0) is 20.3. The lowest BCUT2D eigenvalue weighted by atomic mass is 9.89. The lowest BCUT2D eigenvalue weighted by Crippen LogP contribution is -2.53. The third-order valence-corrected chi connectivity index (χ3v) is 5.74. The molecule has 0 aliphatic carbocycles. The van der Waals surface area contributed by atoms with Gasteiger partial charge in [-0.15, -0.1) is 0 Å². The van der Waals surface area contributed by atoms with Gasteiger partial charge >= 0.3 is 12.0 Å². The molecule has 7 nitrogen and oxygen atoms in total. The molecule has 2 aliphatic heterocycles. The van der Waals surface area contributed by atoms with Gasteiger partial charge in [0.2, 0.25) is 5.91 Å². The fourth-order valence-corrected chi connectivity index (χ4v) is 3.82. The Balaban J connectivity index is 1.61. The summed E-state index contributed by atoms with van der Waals surface area (Å²) in [5.41, 5.74) is -1.34. The minimum absolute atomic E-state index is 0.0260. The van der Waals surface area contributed by atoms with Crippen LogP contribution in [0.5, 0.6) is 0 Å². The number of benzene rings is 1. The van der Waals surface area contributed by atoms with Crippen LogP contribution in [-0.2, 0) is 15.1 Å². The first-order valence-electron chi connectivity index (χ1n) is 9.66.